The standard InChI is InChI=1S/C21H27ClN4O2.HI/c1-15-13-26(8-9-28-15)14-17-5-3-4-16(10-17)12-24-21(23)25-18-6-7-20(27-2)19(22)11-18;/h3-7,10-11,15H,8-9,12-14H2,1-2H3,(H3,23,24,25);1H. The summed E-state index contributed by atoms with van der Waals surface area (Å²) in [7, 11) is 1.58. The molecule has 6 nitrogen and oxygen atoms in total. The Morgan fingerprint density at radius 1 is 1.31 bits per heavy atom. The first kappa shape index (κ1) is 23.7. The van der Waals surface area contributed by atoms with Crippen LogP contribution in [0.3, 0.4) is 0 Å². The van der Waals surface area contributed by atoms with E-state index in [4.69, 9.17) is 26.8 Å². The summed E-state index contributed by atoms with van der Waals surface area (Å²) in [6.07, 6.45) is 0.291. The fraction of sp³-hybridized carbons (Fsp3) is 0.381. The number of guanidine groups is 1. The lowest BCUT2D eigenvalue weighted by molar-refractivity contribution is -0.0212. The monoisotopic (exact) mass is 530 g/mol. The number of hydrogen-bond donors (Lipinski definition) is 2. The molecule has 0 radical (unpaired) electrons. The molecule has 1 fully saturated rings. The number of anilines is 1. The van der Waals surface area contributed by atoms with Crippen LogP contribution in [0.5, 0.6) is 5.75 Å². The number of rotatable bonds is 6. The van der Waals surface area contributed by atoms with Gasteiger partial charge in [0, 0.05) is 25.3 Å². The molecule has 1 heterocycles. The Kier molecular flexibility index (Phi) is 9.48. The van der Waals surface area contributed by atoms with E-state index in [1.165, 1.54) is 5.56 Å². The van der Waals surface area contributed by atoms with Gasteiger partial charge in [-0.2, -0.15) is 0 Å². The van der Waals surface area contributed by atoms with Crippen LogP contribution >= 0.6 is 35.6 Å². The summed E-state index contributed by atoms with van der Waals surface area (Å²) in [5, 5.41) is 3.57. The van der Waals surface area contributed by atoms with E-state index < -0.39 is 0 Å². The topological polar surface area (TPSA) is 72.1 Å². The van der Waals surface area contributed by atoms with E-state index >= 15 is 0 Å². The predicted octanol–water partition coefficient (Wildman–Crippen LogP) is 4.11. The summed E-state index contributed by atoms with van der Waals surface area (Å²) < 4.78 is 10.8. The fourth-order valence-corrected chi connectivity index (χ4v) is 3.48. The number of benzene rings is 2. The first-order valence-electron chi connectivity index (χ1n) is 9.36. The highest BCUT2D eigenvalue weighted by Gasteiger charge is 2.16. The van der Waals surface area contributed by atoms with Gasteiger partial charge in [-0.1, -0.05) is 35.9 Å². The van der Waals surface area contributed by atoms with Gasteiger partial charge < -0.3 is 20.5 Å². The Labute approximate surface area is 194 Å². The van der Waals surface area contributed by atoms with Crippen LogP contribution in [-0.2, 0) is 17.8 Å². The lowest BCUT2D eigenvalue weighted by Crippen LogP contribution is -2.40. The molecule has 1 aliphatic rings. The maximum atomic E-state index is 6.13. The van der Waals surface area contributed by atoms with Crippen molar-refractivity contribution in [3.05, 3.63) is 58.6 Å². The highest BCUT2D eigenvalue weighted by atomic mass is 127. The Bertz CT molecular complexity index is 834. The van der Waals surface area contributed by atoms with Crippen molar-refractivity contribution in [3.63, 3.8) is 0 Å². The maximum Gasteiger partial charge on any atom is 0.193 e. The van der Waals surface area contributed by atoms with Crippen molar-refractivity contribution >= 4 is 47.2 Å². The molecule has 0 aromatic heterocycles. The minimum atomic E-state index is 0. The van der Waals surface area contributed by atoms with Gasteiger partial charge >= 0.3 is 0 Å². The van der Waals surface area contributed by atoms with Crippen molar-refractivity contribution in [2.24, 2.45) is 10.7 Å². The van der Waals surface area contributed by atoms with Gasteiger partial charge in [0.25, 0.3) is 0 Å². The lowest BCUT2D eigenvalue weighted by atomic mass is 10.1. The molecule has 158 valence electrons. The molecule has 0 spiro atoms. The van der Waals surface area contributed by atoms with Crippen molar-refractivity contribution in [2.45, 2.75) is 26.1 Å². The van der Waals surface area contributed by atoms with E-state index in [0.717, 1.165) is 37.5 Å². The van der Waals surface area contributed by atoms with E-state index in [1.807, 2.05) is 6.07 Å². The molecule has 0 aliphatic carbocycles. The van der Waals surface area contributed by atoms with Gasteiger partial charge in [-0.25, -0.2) is 4.99 Å². The summed E-state index contributed by atoms with van der Waals surface area (Å²) in [5.41, 5.74) is 9.18. The zero-order valence-corrected chi connectivity index (χ0v) is 19.8. The molecule has 29 heavy (non-hydrogen) atoms. The zero-order valence-electron chi connectivity index (χ0n) is 16.7. The number of ether oxygens (including phenoxy) is 2. The molecule has 2 aromatic rings. The van der Waals surface area contributed by atoms with E-state index in [0.29, 0.717) is 29.4 Å². The SMILES string of the molecule is COc1ccc(NC(N)=NCc2cccc(CN3CCOC(C)C3)c2)cc1Cl.I. The summed E-state index contributed by atoms with van der Waals surface area (Å²) >= 11 is 6.13. The maximum absolute atomic E-state index is 6.13. The van der Waals surface area contributed by atoms with Crippen LogP contribution in [0.15, 0.2) is 47.5 Å². The normalized spacial score (nSPS) is 17.5. The van der Waals surface area contributed by atoms with Crippen LogP contribution in [0.4, 0.5) is 5.69 Å². The van der Waals surface area contributed by atoms with Gasteiger partial charge in [0.2, 0.25) is 0 Å². The highest BCUT2D eigenvalue weighted by molar-refractivity contribution is 14.0. The molecular weight excluding hydrogens is 503 g/mol. The van der Waals surface area contributed by atoms with Crippen molar-refractivity contribution in [2.75, 3.05) is 32.1 Å². The molecule has 1 unspecified atom stereocenters. The Balaban J connectivity index is 0.00000300. The van der Waals surface area contributed by atoms with Gasteiger partial charge in [0.1, 0.15) is 5.75 Å². The van der Waals surface area contributed by atoms with E-state index in [9.17, 15) is 0 Å². The first-order valence-corrected chi connectivity index (χ1v) is 9.73. The van der Waals surface area contributed by atoms with Crippen LogP contribution in [-0.4, -0.2) is 43.8 Å². The quantitative estimate of drug-likeness (QED) is 0.334. The molecule has 1 aliphatic heterocycles. The van der Waals surface area contributed by atoms with E-state index in [-0.39, 0.29) is 24.0 Å². The number of methoxy groups -OCH3 is 1. The van der Waals surface area contributed by atoms with Crippen molar-refractivity contribution in [3.8, 4) is 5.75 Å². The molecule has 2 aromatic carbocycles. The number of nitrogens with two attached hydrogens (primary N) is 1. The molecule has 3 rings (SSSR count). The average Bonchev–Trinajstić information content (AvgIpc) is 2.67. The molecule has 3 N–H and O–H groups in total. The van der Waals surface area contributed by atoms with Crippen LogP contribution < -0.4 is 15.8 Å². The number of hydrogen-bond acceptors (Lipinski definition) is 4. The Morgan fingerprint density at radius 3 is 2.83 bits per heavy atom. The average molecular weight is 531 g/mol. The molecule has 0 amide bonds. The molecule has 1 saturated heterocycles. The summed E-state index contributed by atoms with van der Waals surface area (Å²) in [6.45, 7) is 6.27. The Morgan fingerprint density at radius 2 is 2.10 bits per heavy atom. The van der Waals surface area contributed by atoms with E-state index in [2.05, 4.69) is 46.4 Å². The zero-order chi connectivity index (χ0) is 19.9. The third kappa shape index (κ3) is 7.33. The van der Waals surface area contributed by atoms with Gasteiger partial charge in [0.15, 0.2) is 5.96 Å². The highest BCUT2D eigenvalue weighted by Crippen LogP contribution is 2.27. The number of aliphatic imine (C=N–C) groups is 1. The van der Waals surface area contributed by atoms with Crippen molar-refractivity contribution < 1.29 is 9.47 Å². The minimum Gasteiger partial charge on any atom is -0.495 e. The van der Waals surface area contributed by atoms with Gasteiger partial charge in [-0.05, 0) is 36.2 Å². The van der Waals surface area contributed by atoms with Crippen LogP contribution in [0, 0.1) is 0 Å². The first-order chi connectivity index (χ1) is 13.5. The number of morpholine rings is 1. The van der Waals surface area contributed by atoms with Gasteiger partial charge in [-0.3, -0.25) is 4.90 Å². The molecule has 1 atom stereocenters. The second kappa shape index (κ2) is 11.6. The molecule has 0 saturated carbocycles. The van der Waals surface area contributed by atoms with E-state index in [1.54, 1.807) is 19.2 Å². The number of nitrogens with zero attached hydrogens (tertiary/aromatic N) is 2. The number of nitrogens with one attached hydrogen (secondary N) is 1. The summed E-state index contributed by atoms with van der Waals surface area (Å²) in [6, 6.07) is 13.8. The van der Waals surface area contributed by atoms with Crippen LogP contribution in [0.2, 0.25) is 5.02 Å². The minimum absolute atomic E-state index is 0. The third-order valence-corrected chi connectivity index (χ3v) is 4.87. The lowest BCUT2D eigenvalue weighted by Gasteiger charge is -2.31. The fourth-order valence-electron chi connectivity index (χ4n) is 3.23. The predicted molar refractivity (Wildman–Crippen MR) is 130 cm³/mol. The van der Waals surface area contributed by atoms with Gasteiger partial charge in [-0.15, -0.1) is 24.0 Å². The number of halogens is 2. The molecule has 0 bridgehead atoms. The largest absolute Gasteiger partial charge is 0.495 e. The van der Waals surface area contributed by atoms with Crippen LogP contribution in [0.1, 0.15) is 18.1 Å². The van der Waals surface area contributed by atoms with Crippen molar-refractivity contribution in [1.82, 2.24) is 4.90 Å². The van der Waals surface area contributed by atoms with Gasteiger partial charge in [0.05, 0.1) is 31.4 Å². The molecular formula is C21H28ClIN4O2. The summed E-state index contributed by atoms with van der Waals surface area (Å²) in [4.78, 5) is 6.85. The second-order valence-corrected chi connectivity index (χ2v) is 7.32. The van der Waals surface area contributed by atoms with Crippen LogP contribution in [0.25, 0.3) is 0 Å². The summed E-state index contributed by atoms with van der Waals surface area (Å²) in [5.74, 6) is 0.961. The second-order valence-electron chi connectivity index (χ2n) is 6.91. The smallest absolute Gasteiger partial charge is 0.193 e. The van der Waals surface area contributed by atoms with Crippen molar-refractivity contribution in [1.29, 1.82) is 0 Å². The molecule has 8 heteroatoms. The third-order valence-electron chi connectivity index (χ3n) is 4.58. The Hall–Kier alpha value is -1.55.